The quantitative estimate of drug-likeness (QED) is 0.308. The first-order valence-electron chi connectivity index (χ1n) is 15.3. The molecule has 1 aliphatic carbocycles. The second kappa shape index (κ2) is 10.2. The van der Waals surface area contributed by atoms with Gasteiger partial charge < -0.3 is 19.5 Å². The van der Waals surface area contributed by atoms with Crippen LogP contribution in [-0.2, 0) is 4.74 Å². The van der Waals surface area contributed by atoms with Gasteiger partial charge in [-0.05, 0) is 80.5 Å². The number of halogens is 2. The second-order valence-corrected chi connectivity index (χ2v) is 12.9. The SMILES string of the molecule is COC1CN2CCCC2(COc2nc(N3CC4CCC(C4)C3)c3cnc(-c4cc(O)cc5cccc(F)c45)c(F)c3n2)C1. The van der Waals surface area contributed by atoms with E-state index in [-0.39, 0.29) is 45.6 Å². The number of hydrogen-bond acceptors (Lipinski definition) is 8. The summed E-state index contributed by atoms with van der Waals surface area (Å²) in [6.07, 6.45) is 8.31. The van der Waals surface area contributed by atoms with Crippen molar-refractivity contribution in [1.82, 2.24) is 19.9 Å². The third kappa shape index (κ3) is 4.49. The van der Waals surface area contributed by atoms with E-state index in [2.05, 4.69) is 19.8 Å². The van der Waals surface area contributed by atoms with Crippen molar-refractivity contribution in [2.24, 2.45) is 11.8 Å². The van der Waals surface area contributed by atoms with Crippen LogP contribution in [-0.4, -0.2) is 76.5 Å². The van der Waals surface area contributed by atoms with Gasteiger partial charge in [-0.1, -0.05) is 12.1 Å². The van der Waals surface area contributed by atoms with Crippen LogP contribution >= 0.6 is 0 Å². The Kier molecular flexibility index (Phi) is 6.41. The van der Waals surface area contributed by atoms with Gasteiger partial charge in [-0.25, -0.2) is 8.78 Å². The van der Waals surface area contributed by atoms with Gasteiger partial charge in [-0.3, -0.25) is 9.88 Å². The van der Waals surface area contributed by atoms with E-state index in [0.717, 1.165) is 45.4 Å². The molecule has 2 bridgehead atoms. The van der Waals surface area contributed by atoms with E-state index in [1.54, 1.807) is 25.4 Å². The summed E-state index contributed by atoms with van der Waals surface area (Å²) in [6, 6.07) is 7.50. The molecule has 2 aromatic heterocycles. The van der Waals surface area contributed by atoms with Gasteiger partial charge in [0.05, 0.1) is 17.0 Å². The van der Waals surface area contributed by atoms with Crippen molar-refractivity contribution in [1.29, 1.82) is 0 Å². The first kappa shape index (κ1) is 27.0. The maximum Gasteiger partial charge on any atom is 0.319 e. The molecule has 4 aromatic rings. The number of phenols is 1. The number of ether oxygens (including phenoxy) is 2. The van der Waals surface area contributed by atoms with Crippen molar-refractivity contribution in [2.45, 2.75) is 50.2 Å². The number of benzene rings is 2. The van der Waals surface area contributed by atoms with Gasteiger partial charge >= 0.3 is 6.01 Å². The number of piperidine rings is 1. The van der Waals surface area contributed by atoms with Crippen molar-refractivity contribution in [2.75, 3.05) is 44.8 Å². The highest BCUT2D eigenvalue weighted by atomic mass is 19.1. The molecule has 3 saturated heterocycles. The fraction of sp³-hybridized carbons (Fsp3) is 0.485. The van der Waals surface area contributed by atoms with E-state index >= 15 is 8.78 Å². The summed E-state index contributed by atoms with van der Waals surface area (Å²) in [5.74, 6) is 0.489. The summed E-state index contributed by atoms with van der Waals surface area (Å²) in [5, 5.41) is 11.6. The van der Waals surface area contributed by atoms with Crippen LogP contribution in [0.25, 0.3) is 32.9 Å². The molecule has 4 atom stereocenters. The maximum absolute atomic E-state index is 16.6. The molecule has 8 rings (SSSR count). The van der Waals surface area contributed by atoms with Crippen molar-refractivity contribution in [3.05, 3.63) is 48.2 Å². The molecule has 4 aliphatic rings. The van der Waals surface area contributed by atoms with E-state index < -0.39 is 11.6 Å². The lowest BCUT2D eigenvalue weighted by Crippen LogP contribution is -2.43. The van der Waals surface area contributed by atoms with E-state index in [1.807, 2.05) is 0 Å². The number of methoxy groups -OCH3 is 1. The van der Waals surface area contributed by atoms with Gasteiger partial charge in [0.2, 0.25) is 0 Å². The molecule has 5 heterocycles. The lowest BCUT2D eigenvalue weighted by molar-refractivity contribution is 0.0997. The first-order valence-corrected chi connectivity index (χ1v) is 15.3. The Balaban J connectivity index is 1.24. The standard InChI is InChI=1S/C33H35F2N5O3/c1-42-23-13-33(8-3-9-40(33)17-23)18-43-32-37-30-25(31(38-32)39-15-19-6-7-20(10-19)16-39)14-36-29(28(30)35)24-12-22(41)11-21-4-2-5-26(34)27(21)24/h2,4-5,11-12,14,19-20,23,41H,3,6-10,13,15-18H2,1H3. The lowest BCUT2D eigenvalue weighted by Gasteiger charge is -2.34. The number of anilines is 1. The smallest absolute Gasteiger partial charge is 0.319 e. The molecule has 0 spiro atoms. The molecule has 4 unspecified atom stereocenters. The number of nitrogens with zero attached hydrogens (tertiary/aromatic N) is 5. The van der Waals surface area contributed by atoms with Crippen LogP contribution < -0.4 is 9.64 Å². The number of pyridine rings is 1. The molecule has 0 radical (unpaired) electrons. The summed E-state index contributed by atoms with van der Waals surface area (Å²) >= 11 is 0. The molecule has 1 N–H and O–H groups in total. The minimum atomic E-state index is -0.692. The number of aromatic hydroxyl groups is 1. The maximum atomic E-state index is 16.6. The Morgan fingerprint density at radius 1 is 1.09 bits per heavy atom. The van der Waals surface area contributed by atoms with E-state index in [9.17, 15) is 5.11 Å². The van der Waals surface area contributed by atoms with Crippen LogP contribution in [0.5, 0.6) is 11.8 Å². The Hall–Kier alpha value is -3.63. The Morgan fingerprint density at radius 2 is 1.93 bits per heavy atom. The zero-order chi connectivity index (χ0) is 29.3. The van der Waals surface area contributed by atoms with Crippen molar-refractivity contribution in [3.8, 4) is 23.0 Å². The van der Waals surface area contributed by atoms with Crippen LogP contribution in [0.2, 0.25) is 0 Å². The average Bonchev–Trinajstić information content (AvgIpc) is 3.67. The minimum absolute atomic E-state index is 0.0768. The normalized spacial score (nSPS) is 27.0. The number of aromatic nitrogens is 3. The fourth-order valence-corrected chi connectivity index (χ4v) is 8.27. The van der Waals surface area contributed by atoms with Gasteiger partial charge in [-0.15, -0.1) is 0 Å². The summed E-state index contributed by atoms with van der Waals surface area (Å²) in [7, 11) is 1.75. The lowest BCUT2D eigenvalue weighted by atomic mass is 9.94. The Morgan fingerprint density at radius 3 is 2.74 bits per heavy atom. The van der Waals surface area contributed by atoms with Crippen molar-refractivity contribution < 1.29 is 23.4 Å². The summed E-state index contributed by atoms with van der Waals surface area (Å²) in [5.41, 5.74) is 0.0246. The molecule has 2 aromatic carbocycles. The molecule has 4 fully saturated rings. The van der Waals surface area contributed by atoms with E-state index in [1.165, 1.54) is 37.5 Å². The van der Waals surface area contributed by atoms with Crippen LogP contribution in [0.1, 0.15) is 38.5 Å². The van der Waals surface area contributed by atoms with Gasteiger partial charge in [0.25, 0.3) is 0 Å². The largest absolute Gasteiger partial charge is 0.508 e. The average molecular weight is 588 g/mol. The van der Waals surface area contributed by atoms with Crippen molar-refractivity contribution in [3.63, 3.8) is 0 Å². The molecule has 3 aliphatic heterocycles. The van der Waals surface area contributed by atoms with E-state index in [0.29, 0.717) is 35.0 Å². The first-order chi connectivity index (χ1) is 20.9. The zero-order valence-electron chi connectivity index (χ0n) is 24.2. The third-order valence-corrected chi connectivity index (χ3v) is 10.3. The van der Waals surface area contributed by atoms with Gasteiger partial charge in [0.15, 0.2) is 5.82 Å². The number of hydrogen-bond donors (Lipinski definition) is 1. The van der Waals surface area contributed by atoms with Crippen LogP contribution in [0.4, 0.5) is 14.6 Å². The van der Waals surface area contributed by atoms with Crippen LogP contribution in [0.15, 0.2) is 36.5 Å². The zero-order valence-corrected chi connectivity index (χ0v) is 24.2. The predicted octanol–water partition coefficient (Wildman–Crippen LogP) is 5.70. The minimum Gasteiger partial charge on any atom is -0.508 e. The summed E-state index contributed by atoms with van der Waals surface area (Å²) in [6.45, 7) is 3.97. The van der Waals surface area contributed by atoms with Crippen LogP contribution in [0.3, 0.4) is 0 Å². The fourth-order valence-electron chi connectivity index (χ4n) is 8.27. The highest BCUT2D eigenvalue weighted by molar-refractivity contribution is 6.00. The topological polar surface area (TPSA) is 83.8 Å². The molecule has 1 saturated carbocycles. The number of phenolic OH excluding ortho intramolecular Hbond substituents is 1. The molecule has 43 heavy (non-hydrogen) atoms. The second-order valence-electron chi connectivity index (χ2n) is 12.9. The molecule has 0 amide bonds. The highest BCUT2D eigenvalue weighted by Gasteiger charge is 2.49. The highest BCUT2D eigenvalue weighted by Crippen LogP contribution is 2.43. The Labute approximate surface area is 248 Å². The molecule has 10 heteroatoms. The van der Waals surface area contributed by atoms with Crippen LogP contribution in [0, 0.1) is 23.5 Å². The predicted molar refractivity (Wildman–Crippen MR) is 159 cm³/mol. The molecular formula is C33H35F2N5O3. The molecule has 8 nitrogen and oxygen atoms in total. The Bertz CT molecular complexity index is 1720. The number of rotatable bonds is 6. The van der Waals surface area contributed by atoms with Crippen molar-refractivity contribution >= 4 is 27.5 Å². The molecular weight excluding hydrogens is 552 g/mol. The number of fused-ring (bicyclic) bond motifs is 5. The molecule has 224 valence electrons. The monoisotopic (exact) mass is 587 g/mol. The summed E-state index contributed by atoms with van der Waals surface area (Å²) in [4.78, 5) is 18.7. The van der Waals surface area contributed by atoms with Gasteiger partial charge in [0.1, 0.15) is 35.2 Å². The van der Waals surface area contributed by atoms with Gasteiger partial charge in [0, 0.05) is 43.9 Å². The van der Waals surface area contributed by atoms with E-state index in [4.69, 9.17) is 14.5 Å². The summed E-state index contributed by atoms with van der Waals surface area (Å²) < 4.78 is 43.8. The third-order valence-electron chi connectivity index (χ3n) is 10.3. The van der Waals surface area contributed by atoms with Gasteiger partial charge in [-0.2, -0.15) is 9.97 Å².